The maximum Gasteiger partial charge on any atom is 0.166 e. The van der Waals surface area contributed by atoms with E-state index in [0.29, 0.717) is 17.9 Å². The average Bonchev–Trinajstić information content (AvgIpc) is 2.73. The van der Waals surface area contributed by atoms with Gasteiger partial charge in [0.15, 0.2) is 5.82 Å². The van der Waals surface area contributed by atoms with Crippen molar-refractivity contribution in [3.8, 4) is 6.07 Å². The van der Waals surface area contributed by atoms with Crippen LogP contribution in [0.25, 0.3) is 0 Å². The quantitative estimate of drug-likeness (QED) is 0.870. The van der Waals surface area contributed by atoms with Gasteiger partial charge in [-0.2, -0.15) is 10.4 Å². The van der Waals surface area contributed by atoms with Crippen molar-refractivity contribution in [3.63, 3.8) is 0 Å². The second-order valence-corrected chi connectivity index (χ2v) is 4.08. The molecular formula is C10H9N5S. The van der Waals surface area contributed by atoms with Crippen molar-refractivity contribution in [1.82, 2.24) is 15.2 Å². The fourth-order valence-electron chi connectivity index (χ4n) is 1.20. The number of aryl methyl sites for hydroxylation is 1. The topological polar surface area (TPSA) is 74.5 Å². The number of anilines is 1. The molecule has 0 aliphatic heterocycles. The van der Waals surface area contributed by atoms with Crippen LogP contribution in [0.2, 0.25) is 0 Å². The summed E-state index contributed by atoms with van der Waals surface area (Å²) in [6.45, 7) is 2.51. The molecule has 0 aromatic carbocycles. The van der Waals surface area contributed by atoms with Crippen molar-refractivity contribution in [2.24, 2.45) is 0 Å². The molecule has 0 unspecified atom stereocenters. The van der Waals surface area contributed by atoms with Crippen molar-refractivity contribution in [2.45, 2.75) is 13.5 Å². The first kappa shape index (κ1) is 10.5. The van der Waals surface area contributed by atoms with Crippen LogP contribution in [0, 0.1) is 18.3 Å². The Balaban J connectivity index is 2.08. The van der Waals surface area contributed by atoms with E-state index in [1.807, 2.05) is 12.3 Å². The third-order valence-corrected chi connectivity index (χ3v) is 2.88. The zero-order chi connectivity index (χ0) is 11.4. The number of hydrogen-bond acceptors (Lipinski definition) is 6. The highest BCUT2D eigenvalue weighted by Crippen LogP contribution is 2.13. The van der Waals surface area contributed by atoms with E-state index in [4.69, 9.17) is 5.26 Å². The van der Waals surface area contributed by atoms with Crippen LogP contribution in [0.1, 0.15) is 16.3 Å². The predicted molar refractivity (Wildman–Crippen MR) is 60.9 cm³/mol. The Labute approximate surface area is 96.8 Å². The summed E-state index contributed by atoms with van der Waals surface area (Å²) >= 11 is 1.58. The van der Waals surface area contributed by atoms with E-state index in [9.17, 15) is 0 Å². The lowest BCUT2D eigenvalue weighted by Crippen LogP contribution is -2.04. The first-order valence-electron chi connectivity index (χ1n) is 4.66. The van der Waals surface area contributed by atoms with E-state index in [2.05, 4.69) is 26.6 Å². The summed E-state index contributed by atoms with van der Waals surface area (Å²) < 4.78 is 0. The molecule has 0 saturated carbocycles. The third-order valence-electron chi connectivity index (χ3n) is 1.91. The number of hydrogen-bond donors (Lipinski definition) is 1. The molecule has 0 fully saturated rings. The molecule has 6 heteroatoms. The Bertz CT molecular complexity index is 528. The Kier molecular flexibility index (Phi) is 3.08. The van der Waals surface area contributed by atoms with Crippen LogP contribution in [-0.4, -0.2) is 15.2 Å². The second-order valence-electron chi connectivity index (χ2n) is 3.14. The Morgan fingerprint density at radius 2 is 2.44 bits per heavy atom. The largest absolute Gasteiger partial charge is 0.361 e. The summed E-state index contributed by atoms with van der Waals surface area (Å²) in [6.07, 6.45) is 1.50. The SMILES string of the molecule is Cc1csc(CNc2nnccc2C#N)n1. The minimum absolute atomic E-state index is 0.489. The van der Waals surface area contributed by atoms with Gasteiger partial charge in [0.2, 0.25) is 0 Å². The first-order valence-corrected chi connectivity index (χ1v) is 5.54. The highest BCUT2D eigenvalue weighted by atomic mass is 32.1. The smallest absolute Gasteiger partial charge is 0.166 e. The molecule has 0 aliphatic carbocycles. The third kappa shape index (κ3) is 2.32. The number of rotatable bonds is 3. The normalized spacial score (nSPS) is 9.75. The first-order chi connectivity index (χ1) is 7.79. The number of nitrogens with one attached hydrogen (secondary N) is 1. The molecule has 1 N–H and O–H groups in total. The monoisotopic (exact) mass is 231 g/mol. The predicted octanol–water partition coefficient (Wildman–Crippen LogP) is 1.73. The Morgan fingerprint density at radius 1 is 1.56 bits per heavy atom. The van der Waals surface area contributed by atoms with Gasteiger partial charge in [-0.05, 0) is 13.0 Å². The zero-order valence-electron chi connectivity index (χ0n) is 8.64. The van der Waals surface area contributed by atoms with Crippen LogP contribution < -0.4 is 5.32 Å². The summed E-state index contributed by atoms with van der Waals surface area (Å²) in [4.78, 5) is 4.31. The maximum absolute atomic E-state index is 8.85. The number of nitriles is 1. The van der Waals surface area contributed by atoms with Gasteiger partial charge in [-0.25, -0.2) is 4.98 Å². The summed E-state index contributed by atoms with van der Waals surface area (Å²) in [6, 6.07) is 3.68. The summed E-state index contributed by atoms with van der Waals surface area (Å²) in [7, 11) is 0. The zero-order valence-corrected chi connectivity index (χ0v) is 9.45. The summed E-state index contributed by atoms with van der Waals surface area (Å²) in [5, 5.41) is 22.4. The number of thiazole rings is 1. The molecule has 16 heavy (non-hydrogen) atoms. The number of aromatic nitrogens is 3. The lowest BCUT2D eigenvalue weighted by Gasteiger charge is -2.02. The second kappa shape index (κ2) is 4.68. The molecule has 0 aliphatic rings. The standard InChI is InChI=1S/C10H9N5S/c1-7-6-16-9(14-7)5-12-10-8(4-11)2-3-13-15-10/h2-3,6H,5H2,1H3,(H,12,15). The lowest BCUT2D eigenvalue weighted by atomic mass is 10.3. The molecule has 0 atom stereocenters. The van der Waals surface area contributed by atoms with Gasteiger partial charge in [0.1, 0.15) is 11.1 Å². The molecule has 0 radical (unpaired) electrons. The van der Waals surface area contributed by atoms with Gasteiger partial charge in [0.05, 0.1) is 18.3 Å². The van der Waals surface area contributed by atoms with Gasteiger partial charge in [0.25, 0.3) is 0 Å². The highest BCUT2D eigenvalue weighted by molar-refractivity contribution is 7.09. The van der Waals surface area contributed by atoms with E-state index in [0.717, 1.165) is 10.7 Å². The van der Waals surface area contributed by atoms with Crippen LogP contribution in [0.15, 0.2) is 17.6 Å². The van der Waals surface area contributed by atoms with Crippen LogP contribution in [0.3, 0.4) is 0 Å². The molecule has 2 heterocycles. The summed E-state index contributed by atoms with van der Waals surface area (Å²) in [5.74, 6) is 0.498. The lowest BCUT2D eigenvalue weighted by molar-refractivity contribution is 0.984. The van der Waals surface area contributed by atoms with Crippen LogP contribution in [0.5, 0.6) is 0 Å². The van der Waals surface area contributed by atoms with Crippen LogP contribution >= 0.6 is 11.3 Å². The molecule has 2 aromatic rings. The molecule has 80 valence electrons. The van der Waals surface area contributed by atoms with Crippen molar-refractivity contribution in [3.05, 3.63) is 33.9 Å². The molecular weight excluding hydrogens is 222 g/mol. The van der Waals surface area contributed by atoms with Crippen molar-refractivity contribution >= 4 is 17.2 Å². The molecule has 0 spiro atoms. The van der Waals surface area contributed by atoms with Gasteiger partial charge < -0.3 is 5.32 Å². The summed E-state index contributed by atoms with van der Waals surface area (Å²) in [5.41, 5.74) is 1.49. The van der Waals surface area contributed by atoms with Gasteiger partial charge in [0, 0.05) is 11.1 Å². The van der Waals surface area contributed by atoms with Crippen LogP contribution in [0.4, 0.5) is 5.82 Å². The van der Waals surface area contributed by atoms with Crippen molar-refractivity contribution in [2.75, 3.05) is 5.32 Å². The van der Waals surface area contributed by atoms with Crippen molar-refractivity contribution in [1.29, 1.82) is 5.26 Å². The van der Waals surface area contributed by atoms with Crippen molar-refractivity contribution < 1.29 is 0 Å². The number of nitrogens with zero attached hydrogens (tertiary/aromatic N) is 4. The van der Waals surface area contributed by atoms with Gasteiger partial charge in [-0.3, -0.25) is 0 Å². The minimum Gasteiger partial charge on any atom is -0.361 e. The average molecular weight is 231 g/mol. The molecule has 0 bridgehead atoms. The van der Waals surface area contributed by atoms with Gasteiger partial charge >= 0.3 is 0 Å². The van der Waals surface area contributed by atoms with E-state index in [-0.39, 0.29) is 0 Å². The fourth-order valence-corrected chi connectivity index (χ4v) is 1.91. The van der Waals surface area contributed by atoms with Gasteiger partial charge in [-0.15, -0.1) is 16.4 Å². The molecule has 0 saturated heterocycles. The highest BCUT2D eigenvalue weighted by Gasteiger charge is 2.04. The van der Waals surface area contributed by atoms with Gasteiger partial charge in [-0.1, -0.05) is 0 Å². The molecule has 5 nitrogen and oxygen atoms in total. The van der Waals surface area contributed by atoms with Crippen LogP contribution in [-0.2, 0) is 6.54 Å². The molecule has 2 rings (SSSR count). The van der Waals surface area contributed by atoms with E-state index in [1.165, 1.54) is 6.20 Å². The fraction of sp³-hybridized carbons (Fsp3) is 0.200. The van der Waals surface area contributed by atoms with E-state index in [1.54, 1.807) is 17.4 Å². The minimum atomic E-state index is 0.489. The Hall–Kier alpha value is -2.00. The molecule has 2 aromatic heterocycles. The molecule has 0 amide bonds. The van der Waals surface area contributed by atoms with E-state index >= 15 is 0 Å². The Morgan fingerprint density at radius 3 is 3.12 bits per heavy atom. The maximum atomic E-state index is 8.85. The van der Waals surface area contributed by atoms with E-state index < -0.39 is 0 Å².